The number of benzene rings is 1. The summed E-state index contributed by atoms with van der Waals surface area (Å²) >= 11 is 2.95. The van der Waals surface area contributed by atoms with E-state index in [4.69, 9.17) is 5.11 Å². The third kappa shape index (κ3) is 3.03. The number of hydrogen-bond acceptors (Lipinski definition) is 2. The van der Waals surface area contributed by atoms with Gasteiger partial charge in [-0.05, 0) is 41.9 Å². The molecule has 17 heavy (non-hydrogen) atoms. The van der Waals surface area contributed by atoms with E-state index >= 15 is 0 Å². The van der Waals surface area contributed by atoms with Gasteiger partial charge in [0.05, 0.1) is 10.0 Å². The van der Waals surface area contributed by atoms with Crippen molar-refractivity contribution in [2.75, 3.05) is 0 Å². The van der Waals surface area contributed by atoms with Gasteiger partial charge in [0.15, 0.2) is 0 Å². The number of halogens is 2. The van der Waals surface area contributed by atoms with Crippen LogP contribution in [0.3, 0.4) is 0 Å². The average molecular weight is 304 g/mol. The number of rotatable bonds is 3. The maximum atomic E-state index is 13.6. The van der Waals surface area contributed by atoms with Crippen LogP contribution >= 0.6 is 15.9 Å². The Bertz CT molecular complexity index is 474. The number of hydrogen-bond donors (Lipinski definition) is 2. The van der Waals surface area contributed by atoms with Crippen LogP contribution in [-0.4, -0.2) is 22.5 Å². The van der Waals surface area contributed by atoms with Crippen LogP contribution in [0, 0.1) is 5.82 Å². The smallest absolute Gasteiger partial charge is 0.328 e. The van der Waals surface area contributed by atoms with Crippen LogP contribution in [0.25, 0.3) is 0 Å². The van der Waals surface area contributed by atoms with E-state index in [1.165, 1.54) is 32.0 Å². The van der Waals surface area contributed by atoms with Gasteiger partial charge in [-0.25, -0.2) is 9.18 Å². The van der Waals surface area contributed by atoms with E-state index in [2.05, 4.69) is 21.2 Å². The average Bonchev–Trinajstić information content (AvgIpc) is 2.21. The van der Waals surface area contributed by atoms with Crippen molar-refractivity contribution in [1.82, 2.24) is 5.32 Å². The largest absolute Gasteiger partial charge is 0.480 e. The molecule has 4 nitrogen and oxygen atoms in total. The SMILES string of the molecule is CC(C)(NC(=O)c1cccc(Br)c1F)C(=O)O. The number of carbonyl (C=O) groups excluding carboxylic acids is 1. The Morgan fingerprint density at radius 3 is 2.53 bits per heavy atom. The highest BCUT2D eigenvalue weighted by Crippen LogP contribution is 2.19. The van der Waals surface area contributed by atoms with Crippen molar-refractivity contribution >= 4 is 27.8 Å². The Morgan fingerprint density at radius 1 is 1.41 bits per heavy atom. The molecule has 0 unspecified atom stereocenters. The topological polar surface area (TPSA) is 66.4 Å². The lowest BCUT2D eigenvalue weighted by Crippen LogP contribution is -2.49. The molecule has 1 amide bonds. The minimum absolute atomic E-state index is 0.151. The fourth-order valence-corrected chi connectivity index (χ4v) is 1.45. The van der Waals surface area contributed by atoms with Crippen LogP contribution in [0.1, 0.15) is 24.2 Å². The zero-order chi connectivity index (χ0) is 13.2. The Morgan fingerprint density at radius 2 is 2.00 bits per heavy atom. The van der Waals surface area contributed by atoms with Crippen molar-refractivity contribution in [3.63, 3.8) is 0 Å². The first-order valence-corrected chi connectivity index (χ1v) is 5.55. The fraction of sp³-hybridized carbons (Fsp3) is 0.273. The van der Waals surface area contributed by atoms with E-state index in [1.54, 1.807) is 0 Å². The zero-order valence-corrected chi connectivity index (χ0v) is 10.8. The van der Waals surface area contributed by atoms with Gasteiger partial charge >= 0.3 is 5.97 Å². The molecule has 6 heteroatoms. The van der Waals surface area contributed by atoms with E-state index in [0.717, 1.165) is 0 Å². The number of aliphatic carboxylic acids is 1. The molecule has 0 heterocycles. The summed E-state index contributed by atoms with van der Waals surface area (Å²) in [6.45, 7) is 2.65. The van der Waals surface area contributed by atoms with Gasteiger partial charge < -0.3 is 10.4 Å². The van der Waals surface area contributed by atoms with Crippen molar-refractivity contribution in [3.8, 4) is 0 Å². The number of carboxylic acids is 1. The second-order valence-electron chi connectivity index (χ2n) is 3.99. The van der Waals surface area contributed by atoms with Gasteiger partial charge in [-0.1, -0.05) is 6.07 Å². The van der Waals surface area contributed by atoms with Crippen LogP contribution < -0.4 is 5.32 Å². The monoisotopic (exact) mass is 303 g/mol. The molecule has 92 valence electrons. The molecule has 0 aliphatic rings. The lowest BCUT2D eigenvalue weighted by Gasteiger charge is -2.21. The Hall–Kier alpha value is -1.43. The van der Waals surface area contributed by atoms with E-state index < -0.39 is 23.2 Å². The summed E-state index contributed by atoms with van der Waals surface area (Å²) in [5, 5.41) is 11.1. The summed E-state index contributed by atoms with van der Waals surface area (Å²) in [4.78, 5) is 22.5. The predicted octanol–water partition coefficient (Wildman–Crippen LogP) is 2.18. The number of nitrogens with one attached hydrogen (secondary N) is 1. The summed E-state index contributed by atoms with van der Waals surface area (Å²) in [5.41, 5.74) is -1.65. The number of amides is 1. The third-order valence-corrected chi connectivity index (χ3v) is 2.77. The lowest BCUT2D eigenvalue weighted by atomic mass is 10.1. The molecular weight excluding hydrogens is 293 g/mol. The summed E-state index contributed by atoms with van der Waals surface area (Å²) in [5.74, 6) is -2.68. The first-order chi connectivity index (χ1) is 7.75. The lowest BCUT2D eigenvalue weighted by molar-refractivity contribution is -0.143. The molecule has 2 N–H and O–H groups in total. The molecule has 0 saturated heterocycles. The molecule has 0 aliphatic carbocycles. The van der Waals surface area contributed by atoms with Gasteiger partial charge in [0.2, 0.25) is 0 Å². The van der Waals surface area contributed by atoms with E-state index in [-0.39, 0.29) is 10.0 Å². The predicted molar refractivity (Wildman–Crippen MR) is 63.3 cm³/mol. The number of carboxylic acid groups (broad SMARTS) is 1. The van der Waals surface area contributed by atoms with Gasteiger partial charge in [-0.2, -0.15) is 0 Å². The second kappa shape index (κ2) is 4.83. The molecule has 0 aliphatic heterocycles. The maximum Gasteiger partial charge on any atom is 0.328 e. The Labute approximate surface area is 106 Å². The fourth-order valence-electron chi connectivity index (χ4n) is 1.08. The molecule has 0 bridgehead atoms. The van der Waals surface area contributed by atoms with Gasteiger partial charge in [0.1, 0.15) is 11.4 Å². The third-order valence-electron chi connectivity index (χ3n) is 2.16. The highest BCUT2D eigenvalue weighted by molar-refractivity contribution is 9.10. The molecule has 0 atom stereocenters. The zero-order valence-electron chi connectivity index (χ0n) is 9.25. The number of carbonyl (C=O) groups is 2. The molecule has 0 radical (unpaired) electrons. The highest BCUT2D eigenvalue weighted by Gasteiger charge is 2.30. The molecule has 0 saturated carbocycles. The first-order valence-electron chi connectivity index (χ1n) is 4.75. The van der Waals surface area contributed by atoms with E-state index in [1.807, 2.05) is 0 Å². The summed E-state index contributed by atoms with van der Waals surface area (Å²) in [6, 6.07) is 4.23. The molecule has 0 spiro atoms. The first kappa shape index (κ1) is 13.6. The van der Waals surface area contributed by atoms with Crippen LogP contribution in [0.4, 0.5) is 4.39 Å². The molecule has 1 aromatic carbocycles. The molecule has 0 aromatic heterocycles. The molecule has 1 aromatic rings. The summed E-state index contributed by atoms with van der Waals surface area (Å²) < 4.78 is 13.7. The van der Waals surface area contributed by atoms with Gasteiger partial charge in [-0.3, -0.25) is 4.79 Å². The maximum absolute atomic E-state index is 13.6. The quantitative estimate of drug-likeness (QED) is 0.899. The minimum atomic E-state index is -1.45. The van der Waals surface area contributed by atoms with E-state index in [9.17, 15) is 14.0 Å². The van der Waals surface area contributed by atoms with Crippen LogP contribution in [-0.2, 0) is 4.79 Å². The minimum Gasteiger partial charge on any atom is -0.480 e. The van der Waals surface area contributed by atoms with E-state index in [0.29, 0.717) is 0 Å². The van der Waals surface area contributed by atoms with Crippen molar-refractivity contribution in [3.05, 3.63) is 34.1 Å². The van der Waals surface area contributed by atoms with Crippen molar-refractivity contribution in [1.29, 1.82) is 0 Å². The normalized spacial score (nSPS) is 11.1. The molecule has 1 rings (SSSR count). The van der Waals surface area contributed by atoms with Crippen LogP contribution in [0.15, 0.2) is 22.7 Å². The van der Waals surface area contributed by atoms with Crippen LogP contribution in [0.2, 0.25) is 0 Å². The van der Waals surface area contributed by atoms with Gasteiger partial charge in [0, 0.05) is 0 Å². The van der Waals surface area contributed by atoms with Gasteiger partial charge in [-0.15, -0.1) is 0 Å². The summed E-state index contributed by atoms with van der Waals surface area (Å²) in [7, 11) is 0. The highest BCUT2D eigenvalue weighted by atomic mass is 79.9. The standard InChI is InChI=1S/C11H11BrFNO3/c1-11(2,10(16)17)14-9(15)6-4-3-5-7(12)8(6)13/h3-5H,1-2H3,(H,14,15)(H,16,17). The summed E-state index contributed by atoms with van der Waals surface area (Å²) in [6.07, 6.45) is 0. The molecular formula is C11H11BrFNO3. The van der Waals surface area contributed by atoms with Crippen molar-refractivity contribution in [2.24, 2.45) is 0 Å². The van der Waals surface area contributed by atoms with Crippen molar-refractivity contribution in [2.45, 2.75) is 19.4 Å². The van der Waals surface area contributed by atoms with Crippen LogP contribution in [0.5, 0.6) is 0 Å². The Kier molecular flexibility index (Phi) is 3.87. The van der Waals surface area contributed by atoms with Crippen molar-refractivity contribution < 1.29 is 19.1 Å². The second-order valence-corrected chi connectivity index (χ2v) is 4.84. The molecule has 0 fully saturated rings. The van der Waals surface area contributed by atoms with Gasteiger partial charge in [0.25, 0.3) is 5.91 Å². The Balaban J connectivity index is 2.99.